The Balaban J connectivity index is 1.90. The summed E-state index contributed by atoms with van der Waals surface area (Å²) in [7, 11) is -3.30. The van der Waals surface area contributed by atoms with Crippen LogP contribution in [0.2, 0.25) is 0 Å². The van der Waals surface area contributed by atoms with Crippen LogP contribution in [0.5, 0.6) is 0 Å². The molecule has 0 unspecified atom stereocenters. The van der Waals surface area contributed by atoms with Crippen LogP contribution in [0.1, 0.15) is 31.5 Å². The molecule has 6 nitrogen and oxygen atoms in total. The highest BCUT2D eigenvalue weighted by Gasteiger charge is 2.29. The second-order valence-electron chi connectivity index (χ2n) is 4.40. The van der Waals surface area contributed by atoms with Gasteiger partial charge in [0.2, 0.25) is 10.0 Å². The smallest absolute Gasteiger partial charge is 0.270 e. The molecule has 0 radical (unpaired) electrons. The van der Waals surface area contributed by atoms with Crippen molar-refractivity contribution in [3.05, 3.63) is 17.3 Å². The summed E-state index contributed by atoms with van der Waals surface area (Å²) in [4.78, 5) is 4.99. The zero-order valence-electron chi connectivity index (χ0n) is 10.3. The molecule has 1 aliphatic carbocycles. The quantitative estimate of drug-likeness (QED) is 0.916. The van der Waals surface area contributed by atoms with Crippen molar-refractivity contribution in [1.82, 2.24) is 10.1 Å². The minimum Gasteiger partial charge on any atom is -0.333 e. The molecule has 0 amide bonds. The summed E-state index contributed by atoms with van der Waals surface area (Å²) >= 11 is 1.38. The van der Waals surface area contributed by atoms with Crippen molar-refractivity contribution in [1.29, 1.82) is 0 Å². The second-order valence-corrected chi connectivity index (χ2v) is 7.33. The summed E-state index contributed by atoms with van der Waals surface area (Å²) in [5.41, 5.74) is 0.498. The first-order valence-electron chi connectivity index (χ1n) is 6.01. The number of nitrogens with zero attached hydrogens (tertiary/aromatic N) is 2. The van der Waals surface area contributed by atoms with Crippen molar-refractivity contribution in [3.8, 4) is 10.8 Å². The van der Waals surface area contributed by atoms with E-state index in [1.165, 1.54) is 11.3 Å². The third-order valence-corrected chi connectivity index (χ3v) is 5.08. The fourth-order valence-electron chi connectivity index (χ4n) is 1.63. The molecule has 2 aromatic heterocycles. The first-order valence-corrected chi connectivity index (χ1v) is 8.54. The van der Waals surface area contributed by atoms with Crippen molar-refractivity contribution in [2.24, 2.45) is 0 Å². The van der Waals surface area contributed by atoms with E-state index >= 15 is 0 Å². The van der Waals surface area contributed by atoms with Crippen molar-refractivity contribution >= 4 is 27.0 Å². The third kappa shape index (κ3) is 2.64. The van der Waals surface area contributed by atoms with Gasteiger partial charge in [0, 0.05) is 5.92 Å². The van der Waals surface area contributed by atoms with Gasteiger partial charge in [-0.1, -0.05) is 5.16 Å². The molecule has 19 heavy (non-hydrogen) atoms. The predicted octanol–water partition coefficient (Wildman–Crippen LogP) is 2.44. The van der Waals surface area contributed by atoms with Crippen LogP contribution in [-0.4, -0.2) is 24.3 Å². The summed E-state index contributed by atoms with van der Waals surface area (Å²) in [5, 5.41) is 5.73. The van der Waals surface area contributed by atoms with Gasteiger partial charge in [-0.05, 0) is 31.2 Å². The third-order valence-electron chi connectivity index (χ3n) is 2.89. The highest BCUT2D eigenvalue weighted by molar-refractivity contribution is 7.92. The van der Waals surface area contributed by atoms with E-state index in [1.807, 2.05) is 0 Å². The first-order chi connectivity index (χ1) is 9.09. The molecule has 1 N–H and O–H groups in total. The molecule has 0 bridgehead atoms. The summed E-state index contributed by atoms with van der Waals surface area (Å²) in [6.07, 6.45) is 2.19. The van der Waals surface area contributed by atoms with Crippen LogP contribution >= 0.6 is 11.3 Å². The molecule has 0 atom stereocenters. The molecular formula is C11H13N3O3S2. The zero-order valence-corrected chi connectivity index (χ0v) is 11.9. The van der Waals surface area contributed by atoms with Gasteiger partial charge < -0.3 is 4.52 Å². The molecule has 0 aromatic carbocycles. The molecule has 0 saturated heterocycles. The number of aromatic nitrogens is 2. The Morgan fingerprint density at radius 1 is 1.53 bits per heavy atom. The van der Waals surface area contributed by atoms with Crippen LogP contribution in [0.3, 0.4) is 0 Å². The molecule has 1 fully saturated rings. The van der Waals surface area contributed by atoms with Gasteiger partial charge in [-0.25, -0.2) is 8.42 Å². The minimum absolute atomic E-state index is 0.0272. The molecule has 0 spiro atoms. The summed E-state index contributed by atoms with van der Waals surface area (Å²) < 4.78 is 30.9. The number of hydrogen-bond donors (Lipinski definition) is 1. The maximum atomic E-state index is 11.6. The molecule has 1 saturated carbocycles. The lowest BCUT2D eigenvalue weighted by Gasteiger charge is -2.04. The molecule has 2 heterocycles. The molecule has 0 aliphatic heterocycles. The standard InChI is InChI=1S/C11H13N3O3S2/c1-2-19(15,16)14-8-5-6-18-9(8)11-12-10(13-17-11)7-3-4-7/h5-7,14H,2-4H2,1H3. The van der Waals surface area contributed by atoms with Crippen LogP contribution < -0.4 is 4.72 Å². The Morgan fingerprint density at radius 3 is 3.00 bits per heavy atom. The van der Waals surface area contributed by atoms with Gasteiger partial charge in [0.25, 0.3) is 5.89 Å². The number of sulfonamides is 1. The van der Waals surface area contributed by atoms with Crippen molar-refractivity contribution in [2.75, 3.05) is 10.5 Å². The topological polar surface area (TPSA) is 85.1 Å². The van der Waals surface area contributed by atoms with Gasteiger partial charge in [-0.15, -0.1) is 11.3 Å². The van der Waals surface area contributed by atoms with E-state index in [9.17, 15) is 8.42 Å². The van der Waals surface area contributed by atoms with Gasteiger partial charge in [0.1, 0.15) is 4.88 Å². The lowest BCUT2D eigenvalue weighted by molar-refractivity contribution is 0.423. The molecule has 3 rings (SSSR count). The van der Waals surface area contributed by atoms with Crippen LogP contribution in [0.25, 0.3) is 10.8 Å². The van der Waals surface area contributed by atoms with E-state index < -0.39 is 10.0 Å². The van der Waals surface area contributed by atoms with Gasteiger partial charge in [0.05, 0.1) is 11.4 Å². The van der Waals surface area contributed by atoms with E-state index in [2.05, 4.69) is 14.9 Å². The van der Waals surface area contributed by atoms with Crippen LogP contribution in [0.15, 0.2) is 16.0 Å². The summed E-state index contributed by atoms with van der Waals surface area (Å²) in [5.74, 6) is 1.53. The van der Waals surface area contributed by atoms with Crippen LogP contribution in [0.4, 0.5) is 5.69 Å². The molecule has 102 valence electrons. The Kier molecular flexibility index (Phi) is 3.06. The number of thiophene rings is 1. The molecular weight excluding hydrogens is 286 g/mol. The SMILES string of the molecule is CCS(=O)(=O)Nc1ccsc1-c1nc(C2CC2)no1. The number of rotatable bonds is 5. The summed E-state index contributed by atoms with van der Waals surface area (Å²) in [6.45, 7) is 1.59. The minimum atomic E-state index is -3.30. The van der Waals surface area contributed by atoms with E-state index in [4.69, 9.17) is 4.52 Å². The fourth-order valence-corrected chi connectivity index (χ4v) is 3.11. The van der Waals surface area contributed by atoms with Crippen molar-refractivity contribution in [2.45, 2.75) is 25.7 Å². The normalized spacial score (nSPS) is 15.6. The average molecular weight is 299 g/mol. The maximum absolute atomic E-state index is 11.6. The Hall–Kier alpha value is -1.41. The lowest BCUT2D eigenvalue weighted by atomic mass is 10.4. The molecule has 2 aromatic rings. The van der Waals surface area contributed by atoms with Crippen molar-refractivity contribution < 1.29 is 12.9 Å². The number of nitrogens with one attached hydrogen (secondary N) is 1. The van der Waals surface area contributed by atoms with E-state index in [1.54, 1.807) is 18.4 Å². The number of anilines is 1. The lowest BCUT2D eigenvalue weighted by Crippen LogP contribution is -2.14. The fraction of sp³-hybridized carbons (Fsp3) is 0.455. The number of hydrogen-bond acceptors (Lipinski definition) is 6. The maximum Gasteiger partial charge on any atom is 0.270 e. The van der Waals surface area contributed by atoms with Gasteiger partial charge in [0.15, 0.2) is 5.82 Å². The highest BCUT2D eigenvalue weighted by Crippen LogP contribution is 2.40. The van der Waals surface area contributed by atoms with Gasteiger partial charge in [-0.2, -0.15) is 4.98 Å². The van der Waals surface area contributed by atoms with Crippen molar-refractivity contribution in [3.63, 3.8) is 0 Å². The van der Waals surface area contributed by atoms with Crippen LogP contribution in [-0.2, 0) is 10.0 Å². The van der Waals surface area contributed by atoms with E-state index in [0.717, 1.165) is 12.8 Å². The Morgan fingerprint density at radius 2 is 2.32 bits per heavy atom. The Labute approximate surface area is 114 Å². The average Bonchev–Trinajstić information content (AvgIpc) is 2.95. The first kappa shape index (κ1) is 12.6. The second kappa shape index (κ2) is 4.61. The van der Waals surface area contributed by atoms with E-state index in [-0.39, 0.29) is 5.75 Å². The highest BCUT2D eigenvalue weighted by atomic mass is 32.2. The van der Waals surface area contributed by atoms with Gasteiger partial charge in [-0.3, -0.25) is 4.72 Å². The molecule has 8 heteroatoms. The van der Waals surface area contributed by atoms with Crippen LogP contribution in [0, 0.1) is 0 Å². The predicted molar refractivity (Wildman–Crippen MR) is 72.7 cm³/mol. The zero-order chi connectivity index (χ0) is 13.5. The monoisotopic (exact) mass is 299 g/mol. The Bertz CT molecular complexity index is 686. The largest absolute Gasteiger partial charge is 0.333 e. The summed E-state index contributed by atoms with van der Waals surface area (Å²) in [6, 6.07) is 1.70. The molecule has 1 aliphatic rings. The van der Waals surface area contributed by atoms with E-state index in [0.29, 0.717) is 28.2 Å². The van der Waals surface area contributed by atoms with Gasteiger partial charge >= 0.3 is 0 Å².